The van der Waals surface area contributed by atoms with Crippen LogP contribution in [0.15, 0.2) is 0 Å². The number of unbranched alkanes of at least 4 members (excludes halogenated alkanes) is 1. The van der Waals surface area contributed by atoms with Gasteiger partial charge in [-0.1, -0.05) is 20.8 Å². The Bertz CT molecular complexity index is 318. The molecule has 0 atom stereocenters. The van der Waals surface area contributed by atoms with Gasteiger partial charge in [-0.15, -0.1) is 0 Å². The van der Waals surface area contributed by atoms with Crippen LogP contribution in [-0.2, 0) is 14.8 Å². The zero-order valence-electron chi connectivity index (χ0n) is 13.5. The topological polar surface area (TPSA) is 58.6 Å². The maximum atomic E-state index is 12.3. The first-order valence-corrected chi connectivity index (χ1v) is 9.22. The highest BCUT2D eigenvalue weighted by Crippen LogP contribution is 2.08. The van der Waals surface area contributed by atoms with E-state index in [0.29, 0.717) is 32.0 Å². The van der Waals surface area contributed by atoms with Gasteiger partial charge >= 0.3 is 0 Å². The third-order valence-corrected chi connectivity index (χ3v) is 4.86. The van der Waals surface area contributed by atoms with Crippen molar-refractivity contribution in [2.24, 2.45) is 5.92 Å². The molecule has 0 aliphatic heterocycles. The van der Waals surface area contributed by atoms with E-state index in [1.54, 1.807) is 11.4 Å². The Kier molecular flexibility index (Phi) is 11.4. The zero-order chi connectivity index (χ0) is 15.4. The van der Waals surface area contributed by atoms with E-state index >= 15 is 0 Å². The molecule has 122 valence electrons. The van der Waals surface area contributed by atoms with E-state index in [1.165, 1.54) is 0 Å². The number of nitrogens with one attached hydrogen (secondary N) is 1. The van der Waals surface area contributed by atoms with Crippen LogP contribution < -0.4 is 5.32 Å². The van der Waals surface area contributed by atoms with Crippen molar-refractivity contribution >= 4 is 10.0 Å². The minimum absolute atomic E-state index is 0.233. The van der Waals surface area contributed by atoms with Crippen molar-refractivity contribution in [3.05, 3.63) is 0 Å². The van der Waals surface area contributed by atoms with Crippen LogP contribution in [0, 0.1) is 5.92 Å². The van der Waals surface area contributed by atoms with Crippen molar-refractivity contribution in [3.63, 3.8) is 0 Å². The molecule has 0 aliphatic rings. The second-order valence-corrected chi connectivity index (χ2v) is 7.61. The lowest BCUT2D eigenvalue weighted by atomic mass is 10.2. The first kappa shape index (κ1) is 19.8. The number of rotatable bonds is 13. The minimum atomic E-state index is -3.16. The summed E-state index contributed by atoms with van der Waals surface area (Å²) >= 11 is 0. The molecule has 0 aromatic carbocycles. The van der Waals surface area contributed by atoms with Gasteiger partial charge in [0.25, 0.3) is 0 Å². The van der Waals surface area contributed by atoms with Crippen LogP contribution >= 0.6 is 0 Å². The van der Waals surface area contributed by atoms with E-state index in [9.17, 15) is 8.42 Å². The summed E-state index contributed by atoms with van der Waals surface area (Å²) in [6.07, 6.45) is 2.72. The summed E-state index contributed by atoms with van der Waals surface area (Å²) in [6.45, 7) is 9.55. The van der Waals surface area contributed by atoms with Crippen LogP contribution in [0.1, 0.15) is 40.0 Å². The van der Waals surface area contributed by atoms with Crippen LogP contribution in [0.3, 0.4) is 0 Å². The third kappa shape index (κ3) is 9.69. The van der Waals surface area contributed by atoms with Gasteiger partial charge in [-0.3, -0.25) is 0 Å². The Balaban J connectivity index is 4.17. The van der Waals surface area contributed by atoms with Crippen LogP contribution in [0.5, 0.6) is 0 Å². The largest absolute Gasteiger partial charge is 0.383 e. The summed E-state index contributed by atoms with van der Waals surface area (Å²) in [5.74, 6) is 0.560. The second kappa shape index (κ2) is 11.5. The highest BCUT2D eigenvalue weighted by atomic mass is 32.2. The summed E-state index contributed by atoms with van der Waals surface area (Å²) in [7, 11) is -1.56. The van der Waals surface area contributed by atoms with Crippen molar-refractivity contribution in [1.29, 1.82) is 0 Å². The molecule has 0 aliphatic carbocycles. The van der Waals surface area contributed by atoms with Gasteiger partial charge in [0.15, 0.2) is 0 Å². The van der Waals surface area contributed by atoms with Crippen molar-refractivity contribution in [2.75, 3.05) is 45.6 Å². The highest BCUT2D eigenvalue weighted by Gasteiger charge is 2.21. The van der Waals surface area contributed by atoms with Gasteiger partial charge in [-0.05, 0) is 38.3 Å². The standard InChI is InChI=1S/C14H32N2O3S/c1-5-8-15-9-6-7-12-20(17,18)16(10-11-19-4)13-14(2)3/h14-15H,5-13H2,1-4H3. The smallest absolute Gasteiger partial charge is 0.214 e. The molecule has 0 aromatic rings. The molecule has 0 fully saturated rings. The summed E-state index contributed by atoms with van der Waals surface area (Å²) < 4.78 is 31.2. The normalized spacial score (nSPS) is 12.5. The van der Waals surface area contributed by atoms with Crippen LogP contribution in [0.4, 0.5) is 0 Å². The van der Waals surface area contributed by atoms with E-state index < -0.39 is 10.0 Å². The van der Waals surface area contributed by atoms with Crippen molar-refractivity contribution in [2.45, 2.75) is 40.0 Å². The maximum Gasteiger partial charge on any atom is 0.214 e. The number of hydrogen-bond acceptors (Lipinski definition) is 4. The van der Waals surface area contributed by atoms with E-state index in [2.05, 4.69) is 12.2 Å². The number of methoxy groups -OCH3 is 1. The summed E-state index contributed by atoms with van der Waals surface area (Å²) in [5.41, 5.74) is 0. The number of sulfonamides is 1. The average Bonchev–Trinajstić information content (AvgIpc) is 2.38. The summed E-state index contributed by atoms with van der Waals surface area (Å²) in [4.78, 5) is 0. The first-order chi connectivity index (χ1) is 9.44. The average molecular weight is 308 g/mol. The monoisotopic (exact) mass is 308 g/mol. The predicted octanol–water partition coefficient (Wildman–Crippen LogP) is 1.70. The van der Waals surface area contributed by atoms with Crippen LogP contribution in [0.25, 0.3) is 0 Å². The molecule has 5 nitrogen and oxygen atoms in total. The van der Waals surface area contributed by atoms with Crippen molar-refractivity contribution in [3.8, 4) is 0 Å². The fourth-order valence-electron chi connectivity index (χ4n) is 1.91. The SMILES string of the molecule is CCCNCCCCS(=O)(=O)N(CCOC)CC(C)C. The lowest BCUT2D eigenvalue weighted by molar-refractivity contribution is 0.175. The molecule has 0 amide bonds. The Hall–Kier alpha value is -0.170. The molecule has 0 heterocycles. The molecule has 6 heteroatoms. The molecule has 0 spiro atoms. The second-order valence-electron chi connectivity index (χ2n) is 5.52. The Labute approximate surface area is 125 Å². The van der Waals surface area contributed by atoms with E-state index in [-0.39, 0.29) is 5.75 Å². The minimum Gasteiger partial charge on any atom is -0.383 e. The molecule has 0 unspecified atom stereocenters. The lowest BCUT2D eigenvalue weighted by Gasteiger charge is -2.23. The van der Waals surface area contributed by atoms with Gasteiger partial charge in [0.2, 0.25) is 10.0 Å². The van der Waals surface area contributed by atoms with Gasteiger partial charge < -0.3 is 10.1 Å². The van der Waals surface area contributed by atoms with Gasteiger partial charge in [-0.25, -0.2) is 8.42 Å². The summed E-state index contributed by atoms with van der Waals surface area (Å²) in [5, 5.41) is 3.29. The number of nitrogens with zero attached hydrogens (tertiary/aromatic N) is 1. The summed E-state index contributed by atoms with van der Waals surface area (Å²) in [6, 6.07) is 0. The fraction of sp³-hybridized carbons (Fsp3) is 1.00. The lowest BCUT2D eigenvalue weighted by Crippen LogP contribution is -2.38. The maximum absolute atomic E-state index is 12.3. The first-order valence-electron chi connectivity index (χ1n) is 7.61. The number of ether oxygens (including phenoxy) is 1. The molecule has 0 saturated heterocycles. The van der Waals surface area contributed by atoms with E-state index in [0.717, 1.165) is 25.9 Å². The molecule has 0 rings (SSSR count). The predicted molar refractivity (Wildman–Crippen MR) is 84.5 cm³/mol. The molecule has 0 bridgehead atoms. The molecule has 0 saturated carbocycles. The molecular formula is C14H32N2O3S. The van der Waals surface area contributed by atoms with E-state index in [4.69, 9.17) is 4.74 Å². The zero-order valence-corrected chi connectivity index (χ0v) is 14.3. The molecule has 20 heavy (non-hydrogen) atoms. The molecule has 1 N–H and O–H groups in total. The van der Waals surface area contributed by atoms with Crippen molar-refractivity contribution in [1.82, 2.24) is 9.62 Å². The fourth-order valence-corrected chi connectivity index (χ4v) is 3.61. The quantitative estimate of drug-likeness (QED) is 0.526. The van der Waals surface area contributed by atoms with Gasteiger partial charge in [0, 0.05) is 20.2 Å². The van der Waals surface area contributed by atoms with Gasteiger partial charge in [-0.2, -0.15) is 4.31 Å². The Morgan fingerprint density at radius 3 is 2.45 bits per heavy atom. The number of hydrogen-bond donors (Lipinski definition) is 1. The highest BCUT2D eigenvalue weighted by molar-refractivity contribution is 7.89. The molecular weight excluding hydrogens is 276 g/mol. The van der Waals surface area contributed by atoms with Crippen LogP contribution in [-0.4, -0.2) is 58.4 Å². The van der Waals surface area contributed by atoms with Gasteiger partial charge in [0.1, 0.15) is 0 Å². The van der Waals surface area contributed by atoms with Crippen molar-refractivity contribution < 1.29 is 13.2 Å². The molecule has 0 aromatic heterocycles. The van der Waals surface area contributed by atoms with Crippen LogP contribution in [0.2, 0.25) is 0 Å². The van der Waals surface area contributed by atoms with Gasteiger partial charge in [0.05, 0.1) is 12.4 Å². The Morgan fingerprint density at radius 2 is 1.90 bits per heavy atom. The van der Waals surface area contributed by atoms with E-state index in [1.807, 2.05) is 13.8 Å². The Morgan fingerprint density at radius 1 is 1.20 bits per heavy atom. The third-order valence-electron chi connectivity index (χ3n) is 2.94. The molecule has 0 radical (unpaired) electrons.